The fraction of sp³-hybridized carbons (Fsp3) is 0.917. The quantitative estimate of drug-likeness (QED) is 0.621. The van der Waals surface area contributed by atoms with Gasteiger partial charge in [0, 0.05) is 6.54 Å². The van der Waals surface area contributed by atoms with Crippen molar-refractivity contribution in [2.24, 2.45) is 0 Å². The van der Waals surface area contributed by atoms with E-state index in [2.05, 4.69) is 10.0 Å². The summed E-state index contributed by atoms with van der Waals surface area (Å²) in [6.45, 7) is 3.45. The third kappa shape index (κ3) is 5.46. The van der Waals surface area contributed by atoms with Gasteiger partial charge in [-0.15, -0.1) is 0 Å². The summed E-state index contributed by atoms with van der Waals surface area (Å²) in [4.78, 5) is 11.8. The van der Waals surface area contributed by atoms with Crippen LogP contribution in [0.2, 0.25) is 0 Å². The van der Waals surface area contributed by atoms with Gasteiger partial charge in [-0.3, -0.25) is 4.79 Å². The molecule has 1 unspecified atom stereocenters. The number of nitrogens with one attached hydrogen (secondary N) is 2. The van der Waals surface area contributed by atoms with Crippen molar-refractivity contribution in [3.8, 4) is 0 Å². The van der Waals surface area contributed by atoms with Gasteiger partial charge in [-0.1, -0.05) is 19.8 Å². The number of rotatable bonds is 7. The Hall–Kier alpha value is -0.660. The van der Waals surface area contributed by atoms with E-state index >= 15 is 0 Å². The predicted molar refractivity (Wildman–Crippen MR) is 73.1 cm³/mol. The summed E-state index contributed by atoms with van der Waals surface area (Å²) < 4.78 is 25.4. The first-order valence-corrected chi connectivity index (χ1v) is 8.43. The van der Waals surface area contributed by atoms with Crippen LogP contribution in [0.25, 0.3) is 0 Å². The van der Waals surface area contributed by atoms with Crippen LogP contribution in [0.3, 0.4) is 0 Å². The molecule has 1 saturated carbocycles. The van der Waals surface area contributed by atoms with Crippen LogP contribution in [0.1, 0.15) is 46.0 Å². The molecule has 0 saturated heterocycles. The van der Waals surface area contributed by atoms with Crippen LogP contribution in [-0.4, -0.2) is 43.4 Å². The zero-order valence-corrected chi connectivity index (χ0v) is 12.4. The highest BCUT2D eigenvalue weighted by atomic mass is 32.2. The Labute approximate surface area is 115 Å². The summed E-state index contributed by atoms with van der Waals surface area (Å²) in [5, 5.41) is 12.7. The lowest BCUT2D eigenvalue weighted by Crippen LogP contribution is -2.49. The molecule has 6 nitrogen and oxygen atoms in total. The minimum atomic E-state index is -3.40. The Morgan fingerprint density at radius 1 is 1.37 bits per heavy atom. The van der Waals surface area contributed by atoms with Crippen molar-refractivity contribution in [2.75, 3.05) is 12.3 Å². The Balaban J connectivity index is 2.40. The number of hydrogen-bond acceptors (Lipinski definition) is 4. The summed E-state index contributed by atoms with van der Waals surface area (Å²) in [7, 11) is -3.40. The minimum Gasteiger partial charge on any atom is -0.388 e. The Kier molecular flexibility index (Phi) is 5.76. The standard InChI is InChI=1S/C12H24N2O4S/c1-3-8-19(17,18)14-10(2)11(15)13-9-12(16)6-4-5-7-12/h10,14,16H,3-9H2,1-2H3,(H,13,15). The van der Waals surface area contributed by atoms with Crippen molar-refractivity contribution in [2.45, 2.75) is 57.6 Å². The zero-order chi connectivity index (χ0) is 14.5. The summed E-state index contributed by atoms with van der Waals surface area (Å²) in [5.74, 6) is -0.394. The van der Waals surface area contributed by atoms with Gasteiger partial charge < -0.3 is 10.4 Å². The largest absolute Gasteiger partial charge is 0.388 e. The van der Waals surface area contributed by atoms with E-state index in [1.807, 2.05) is 0 Å². The number of carbonyl (C=O) groups excluding carboxylic acids is 1. The minimum absolute atomic E-state index is 0.00849. The highest BCUT2D eigenvalue weighted by Gasteiger charge is 2.32. The molecule has 3 N–H and O–H groups in total. The summed E-state index contributed by atoms with van der Waals surface area (Å²) in [6, 6.07) is -0.818. The topological polar surface area (TPSA) is 95.5 Å². The van der Waals surface area contributed by atoms with E-state index < -0.39 is 27.6 Å². The number of hydrogen-bond donors (Lipinski definition) is 3. The molecule has 0 radical (unpaired) electrons. The van der Waals surface area contributed by atoms with Crippen molar-refractivity contribution in [1.82, 2.24) is 10.0 Å². The molecule has 1 aliphatic carbocycles. The van der Waals surface area contributed by atoms with Gasteiger partial charge in [0.05, 0.1) is 17.4 Å². The lowest BCUT2D eigenvalue weighted by molar-refractivity contribution is -0.123. The van der Waals surface area contributed by atoms with Gasteiger partial charge >= 0.3 is 0 Å². The zero-order valence-electron chi connectivity index (χ0n) is 11.6. The molecule has 1 aliphatic rings. The van der Waals surface area contributed by atoms with E-state index in [0.717, 1.165) is 12.8 Å². The lowest BCUT2D eigenvalue weighted by atomic mass is 10.0. The molecular formula is C12H24N2O4S. The molecule has 1 fully saturated rings. The Bertz CT molecular complexity index is 402. The monoisotopic (exact) mass is 292 g/mol. The smallest absolute Gasteiger partial charge is 0.237 e. The molecule has 0 bridgehead atoms. The fourth-order valence-corrected chi connectivity index (χ4v) is 3.57. The van der Waals surface area contributed by atoms with Crippen LogP contribution in [0, 0.1) is 0 Å². The first kappa shape index (κ1) is 16.4. The number of aliphatic hydroxyl groups is 1. The maximum atomic E-state index is 11.8. The molecule has 1 rings (SSSR count). The van der Waals surface area contributed by atoms with E-state index in [1.54, 1.807) is 6.92 Å². The number of sulfonamides is 1. The molecule has 112 valence electrons. The molecule has 0 aliphatic heterocycles. The molecule has 0 aromatic heterocycles. The van der Waals surface area contributed by atoms with Gasteiger partial charge in [0.15, 0.2) is 0 Å². The van der Waals surface area contributed by atoms with Crippen LogP contribution in [0.4, 0.5) is 0 Å². The predicted octanol–water partition coefficient (Wildman–Crippen LogP) is 0.126. The fourth-order valence-electron chi connectivity index (χ4n) is 2.27. The van der Waals surface area contributed by atoms with Crippen LogP contribution in [0.15, 0.2) is 0 Å². The van der Waals surface area contributed by atoms with Gasteiger partial charge in [-0.25, -0.2) is 13.1 Å². The summed E-state index contributed by atoms with van der Waals surface area (Å²) in [5.41, 5.74) is -0.822. The van der Waals surface area contributed by atoms with Crippen molar-refractivity contribution in [3.63, 3.8) is 0 Å². The molecule has 1 atom stereocenters. The van der Waals surface area contributed by atoms with E-state index in [9.17, 15) is 18.3 Å². The van der Waals surface area contributed by atoms with Crippen LogP contribution >= 0.6 is 0 Å². The second-order valence-electron chi connectivity index (χ2n) is 5.31. The summed E-state index contributed by atoms with van der Waals surface area (Å²) >= 11 is 0. The average molecular weight is 292 g/mol. The molecule has 19 heavy (non-hydrogen) atoms. The third-order valence-corrected chi connectivity index (χ3v) is 5.01. The van der Waals surface area contributed by atoms with Crippen LogP contribution in [0.5, 0.6) is 0 Å². The van der Waals surface area contributed by atoms with Crippen molar-refractivity contribution < 1.29 is 18.3 Å². The van der Waals surface area contributed by atoms with Gasteiger partial charge in [0.1, 0.15) is 0 Å². The molecular weight excluding hydrogens is 268 g/mol. The van der Waals surface area contributed by atoms with Crippen molar-refractivity contribution >= 4 is 15.9 Å². The molecule has 0 spiro atoms. The highest BCUT2D eigenvalue weighted by Crippen LogP contribution is 2.28. The maximum absolute atomic E-state index is 11.8. The van der Waals surface area contributed by atoms with Crippen LogP contribution < -0.4 is 10.0 Å². The molecule has 0 heterocycles. The van der Waals surface area contributed by atoms with Gasteiger partial charge in [0.25, 0.3) is 0 Å². The highest BCUT2D eigenvalue weighted by molar-refractivity contribution is 7.89. The Morgan fingerprint density at radius 2 is 1.95 bits per heavy atom. The molecule has 7 heteroatoms. The van der Waals surface area contributed by atoms with E-state index in [-0.39, 0.29) is 12.3 Å². The Morgan fingerprint density at radius 3 is 2.47 bits per heavy atom. The average Bonchev–Trinajstić information content (AvgIpc) is 2.73. The first-order valence-electron chi connectivity index (χ1n) is 6.78. The van der Waals surface area contributed by atoms with Crippen molar-refractivity contribution in [1.29, 1.82) is 0 Å². The van der Waals surface area contributed by atoms with Crippen LogP contribution in [-0.2, 0) is 14.8 Å². The number of amides is 1. The van der Waals surface area contributed by atoms with Crippen molar-refractivity contribution in [3.05, 3.63) is 0 Å². The third-order valence-electron chi connectivity index (χ3n) is 3.35. The SMILES string of the molecule is CCCS(=O)(=O)NC(C)C(=O)NCC1(O)CCCC1. The van der Waals surface area contributed by atoms with Gasteiger partial charge in [-0.2, -0.15) is 0 Å². The maximum Gasteiger partial charge on any atom is 0.237 e. The summed E-state index contributed by atoms with van der Waals surface area (Å²) in [6.07, 6.45) is 3.80. The number of carbonyl (C=O) groups is 1. The molecule has 0 aromatic carbocycles. The molecule has 1 amide bonds. The first-order chi connectivity index (χ1) is 8.78. The normalized spacial score (nSPS) is 20.2. The second kappa shape index (κ2) is 6.67. The van der Waals surface area contributed by atoms with Gasteiger partial charge in [-0.05, 0) is 26.2 Å². The molecule has 0 aromatic rings. The van der Waals surface area contributed by atoms with E-state index in [0.29, 0.717) is 19.3 Å². The van der Waals surface area contributed by atoms with E-state index in [4.69, 9.17) is 0 Å². The second-order valence-corrected chi connectivity index (χ2v) is 7.18. The van der Waals surface area contributed by atoms with E-state index in [1.165, 1.54) is 6.92 Å². The van der Waals surface area contributed by atoms with Gasteiger partial charge in [0.2, 0.25) is 15.9 Å². The lowest BCUT2D eigenvalue weighted by Gasteiger charge is -2.23.